The third kappa shape index (κ3) is 5.22. The lowest BCUT2D eigenvalue weighted by Gasteiger charge is -2.19. The van der Waals surface area contributed by atoms with E-state index in [-0.39, 0.29) is 17.3 Å². The van der Waals surface area contributed by atoms with Crippen LogP contribution in [0.25, 0.3) is 0 Å². The number of nitrogens with one attached hydrogen (secondary N) is 1. The summed E-state index contributed by atoms with van der Waals surface area (Å²) in [6.45, 7) is 4.54. The summed E-state index contributed by atoms with van der Waals surface area (Å²) in [5.41, 5.74) is -0.510. The fraction of sp³-hybridized carbons (Fsp3) is 0.500. The van der Waals surface area contributed by atoms with E-state index in [0.717, 1.165) is 18.9 Å². The van der Waals surface area contributed by atoms with Crippen LogP contribution in [0.5, 0.6) is 0 Å². The summed E-state index contributed by atoms with van der Waals surface area (Å²) >= 11 is 0. The van der Waals surface area contributed by atoms with E-state index in [1.54, 1.807) is 20.8 Å². The maximum atomic E-state index is 12.0. The second kappa shape index (κ2) is 6.86. The van der Waals surface area contributed by atoms with E-state index in [9.17, 15) is 19.7 Å². The molecule has 1 saturated carbocycles. The number of hydrogen-bond donors (Lipinski definition) is 1. The van der Waals surface area contributed by atoms with Crippen molar-refractivity contribution >= 4 is 23.3 Å². The van der Waals surface area contributed by atoms with Gasteiger partial charge in [0, 0.05) is 12.1 Å². The van der Waals surface area contributed by atoms with Gasteiger partial charge in [0.25, 0.3) is 5.69 Å². The zero-order valence-corrected chi connectivity index (χ0v) is 13.8. The van der Waals surface area contributed by atoms with Crippen LogP contribution in [0.15, 0.2) is 18.2 Å². The standard InChI is InChI=1S/C16H20N2O6/c1-16(2,3)24-14(19)9-23-15(20)10-4-7-12(17-11-5-6-11)13(8-10)18(21)22/h4,7-8,11,17H,5-6,9H2,1-3H3. The third-order valence-corrected chi connectivity index (χ3v) is 3.11. The Morgan fingerprint density at radius 2 is 2.00 bits per heavy atom. The molecular formula is C16H20N2O6. The van der Waals surface area contributed by atoms with E-state index in [4.69, 9.17) is 9.47 Å². The minimum absolute atomic E-state index is 0.00612. The summed E-state index contributed by atoms with van der Waals surface area (Å²) in [6.07, 6.45) is 1.94. The Morgan fingerprint density at radius 3 is 2.54 bits per heavy atom. The molecule has 8 nitrogen and oxygen atoms in total. The molecule has 1 aromatic rings. The minimum Gasteiger partial charge on any atom is -0.457 e. The number of nitro groups is 1. The summed E-state index contributed by atoms with van der Waals surface area (Å²) < 4.78 is 9.87. The number of esters is 2. The fourth-order valence-electron chi connectivity index (χ4n) is 1.96. The predicted molar refractivity (Wildman–Crippen MR) is 85.9 cm³/mol. The van der Waals surface area contributed by atoms with Gasteiger partial charge >= 0.3 is 11.9 Å². The number of anilines is 1. The molecule has 0 radical (unpaired) electrons. The molecule has 1 aliphatic rings. The molecule has 24 heavy (non-hydrogen) atoms. The monoisotopic (exact) mass is 336 g/mol. The lowest BCUT2D eigenvalue weighted by Crippen LogP contribution is -2.27. The lowest BCUT2D eigenvalue weighted by atomic mass is 10.1. The summed E-state index contributed by atoms with van der Waals surface area (Å²) in [5.74, 6) is -1.50. The highest BCUT2D eigenvalue weighted by Gasteiger charge is 2.26. The molecule has 1 fully saturated rings. The molecule has 1 aliphatic carbocycles. The molecule has 0 bridgehead atoms. The van der Waals surface area contributed by atoms with Crippen molar-refractivity contribution in [2.75, 3.05) is 11.9 Å². The van der Waals surface area contributed by atoms with E-state index in [1.165, 1.54) is 12.1 Å². The van der Waals surface area contributed by atoms with Gasteiger partial charge in [-0.05, 0) is 45.7 Å². The van der Waals surface area contributed by atoms with Crippen molar-refractivity contribution < 1.29 is 24.0 Å². The molecule has 0 heterocycles. The number of benzene rings is 1. The Hall–Kier alpha value is -2.64. The number of rotatable bonds is 6. The van der Waals surface area contributed by atoms with E-state index < -0.39 is 29.1 Å². The first-order valence-corrected chi connectivity index (χ1v) is 7.59. The number of ether oxygens (including phenoxy) is 2. The van der Waals surface area contributed by atoms with Gasteiger partial charge in [-0.2, -0.15) is 0 Å². The highest BCUT2D eigenvalue weighted by molar-refractivity contribution is 5.92. The van der Waals surface area contributed by atoms with Gasteiger partial charge in [-0.15, -0.1) is 0 Å². The van der Waals surface area contributed by atoms with Crippen LogP contribution >= 0.6 is 0 Å². The van der Waals surface area contributed by atoms with Crippen LogP contribution in [0.4, 0.5) is 11.4 Å². The Labute approximate surface area is 139 Å². The third-order valence-electron chi connectivity index (χ3n) is 3.11. The average molecular weight is 336 g/mol. The van der Waals surface area contributed by atoms with Crippen LogP contribution in [-0.4, -0.2) is 35.1 Å². The van der Waals surface area contributed by atoms with Crippen molar-refractivity contribution in [1.82, 2.24) is 0 Å². The van der Waals surface area contributed by atoms with E-state index in [0.29, 0.717) is 5.69 Å². The molecule has 2 rings (SSSR count). The van der Waals surface area contributed by atoms with Crippen LogP contribution in [-0.2, 0) is 14.3 Å². The number of nitrogens with zero attached hydrogens (tertiary/aromatic N) is 1. The Balaban J connectivity index is 2.02. The fourth-order valence-corrected chi connectivity index (χ4v) is 1.96. The Kier molecular flexibility index (Phi) is 5.06. The van der Waals surface area contributed by atoms with Crippen molar-refractivity contribution in [2.45, 2.75) is 45.3 Å². The second-order valence-electron chi connectivity index (χ2n) is 6.57. The first-order chi connectivity index (χ1) is 11.2. The number of carbonyl (C=O) groups is 2. The molecule has 0 aliphatic heterocycles. The first-order valence-electron chi connectivity index (χ1n) is 7.59. The van der Waals surface area contributed by atoms with Gasteiger partial charge in [0.2, 0.25) is 0 Å². The largest absolute Gasteiger partial charge is 0.457 e. The Bertz CT molecular complexity index is 661. The van der Waals surface area contributed by atoms with Crippen molar-refractivity contribution in [3.8, 4) is 0 Å². The van der Waals surface area contributed by atoms with Crippen LogP contribution in [0.2, 0.25) is 0 Å². The number of nitro benzene ring substituents is 1. The van der Waals surface area contributed by atoms with E-state index >= 15 is 0 Å². The van der Waals surface area contributed by atoms with E-state index in [2.05, 4.69) is 5.32 Å². The maximum absolute atomic E-state index is 12.0. The highest BCUT2D eigenvalue weighted by Crippen LogP contribution is 2.31. The molecular weight excluding hydrogens is 316 g/mol. The second-order valence-corrected chi connectivity index (χ2v) is 6.57. The van der Waals surface area contributed by atoms with Gasteiger partial charge in [0.15, 0.2) is 6.61 Å². The van der Waals surface area contributed by atoms with Crippen LogP contribution < -0.4 is 5.32 Å². The summed E-state index contributed by atoms with van der Waals surface area (Å²) in [4.78, 5) is 34.1. The number of carbonyl (C=O) groups excluding carboxylic acids is 2. The van der Waals surface area contributed by atoms with Gasteiger partial charge in [-0.25, -0.2) is 9.59 Å². The van der Waals surface area contributed by atoms with Crippen LogP contribution in [0.3, 0.4) is 0 Å². The summed E-state index contributed by atoms with van der Waals surface area (Å²) in [7, 11) is 0. The molecule has 0 atom stereocenters. The molecule has 0 aromatic heterocycles. The van der Waals surface area contributed by atoms with Gasteiger partial charge < -0.3 is 14.8 Å². The quantitative estimate of drug-likeness (QED) is 0.483. The molecule has 8 heteroatoms. The zero-order valence-electron chi connectivity index (χ0n) is 13.8. The molecule has 1 aromatic carbocycles. The predicted octanol–water partition coefficient (Wildman–Crippen LogP) is 2.67. The van der Waals surface area contributed by atoms with Crippen LogP contribution in [0, 0.1) is 10.1 Å². The topological polar surface area (TPSA) is 108 Å². The normalized spacial score (nSPS) is 14.0. The number of hydrogen-bond acceptors (Lipinski definition) is 7. The molecule has 0 spiro atoms. The summed E-state index contributed by atoms with van der Waals surface area (Å²) in [6, 6.07) is 4.28. The molecule has 0 amide bonds. The van der Waals surface area contributed by atoms with Gasteiger partial charge in [-0.3, -0.25) is 10.1 Å². The maximum Gasteiger partial charge on any atom is 0.344 e. The van der Waals surface area contributed by atoms with Crippen LogP contribution in [0.1, 0.15) is 44.0 Å². The molecule has 0 unspecified atom stereocenters. The van der Waals surface area contributed by atoms with Gasteiger partial charge in [0.1, 0.15) is 11.3 Å². The van der Waals surface area contributed by atoms with Gasteiger partial charge in [0.05, 0.1) is 10.5 Å². The van der Waals surface area contributed by atoms with Crippen molar-refractivity contribution in [3.63, 3.8) is 0 Å². The first kappa shape index (κ1) is 17.7. The lowest BCUT2D eigenvalue weighted by molar-refractivity contribution is -0.384. The van der Waals surface area contributed by atoms with Crippen molar-refractivity contribution in [3.05, 3.63) is 33.9 Å². The molecule has 1 N–H and O–H groups in total. The minimum atomic E-state index is -0.818. The van der Waals surface area contributed by atoms with Gasteiger partial charge in [-0.1, -0.05) is 0 Å². The van der Waals surface area contributed by atoms with Crippen molar-refractivity contribution in [2.24, 2.45) is 0 Å². The molecule has 0 saturated heterocycles. The Morgan fingerprint density at radius 1 is 1.33 bits per heavy atom. The zero-order chi connectivity index (χ0) is 17.9. The van der Waals surface area contributed by atoms with E-state index in [1.807, 2.05) is 0 Å². The molecule has 130 valence electrons. The smallest absolute Gasteiger partial charge is 0.344 e. The highest BCUT2D eigenvalue weighted by atomic mass is 16.6. The summed E-state index contributed by atoms with van der Waals surface area (Å²) in [5, 5.41) is 14.2. The average Bonchev–Trinajstić information content (AvgIpc) is 3.27. The SMILES string of the molecule is CC(C)(C)OC(=O)COC(=O)c1ccc(NC2CC2)c([N+](=O)[O-])c1. The van der Waals surface area contributed by atoms with Crippen molar-refractivity contribution in [1.29, 1.82) is 0 Å².